The first-order valence-corrected chi connectivity index (χ1v) is 6.27. The summed E-state index contributed by atoms with van der Waals surface area (Å²) in [5.41, 5.74) is 4.20. The van der Waals surface area contributed by atoms with E-state index in [1.165, 1.54) is 12.1 Å². The van der Waals surface area contributed by atoms with Crippen LogP contribution in [0.5, 0.6) is 0 Å². The number of ether oxygens (including phenoxy) is 1. The van der Waals surface area contributed by atoms with E-state index in [1.54, 1.807) is 26.2 Å². The molecule has 0 amide bonds. The molecule has 0 bridgehead atoms. The highest BCUT2D eigenvalue weighted by Gasteiger charge is 2.05. The first kappa shape index (κ1) is 16.0. The van der Waals surface area contributed by atoms with Crippen LogP contribution < -0.4 is 10.7 Å². The molecule has 0 atom stereocenters. The molecule has 20 heavy (non-hydrogen) atoms. The van der Waals surface area contributed by atoms with Crippen LogP contribution in [0.25, 0.3) is 0 Å². The Morgan fingerprint density at radius 2 is 2.10 bits per heavy atom. The first-order chi connectivity index (χ1) is 9.54. The van der Waals surface area contributed by atoms with Crippen LogP contribution in [-0.4, -0.2) is 36.0 Å². The van der Waals surface area contributed by atoms with E-state index in [0.29, 0.717) is 24.0 Å². The molecule has 108 valence electrons. The number of nitrogens with zero attached hydrogens (tertiary/aromatic N) is 2. The van der Waals surface area contributed by atoms with E-state index in [2.05, 4.69) is 15.8 Å². The highest BCUT2D eigenvalue weighted by atomic mass is 32.1. The van der Waals surface area contributed by atoms with Gasteiger partial charge in [0.15, 0.2) is 5.11 Å². The minimum atomic E-state index is -0.441. The van der Waals surface area contributed by atoms with Crippen LogP contribution in [0.4, 0.5) is 5.69 Å². The molecule has 0 radical (unpaired) electrons. The fraction of sp³-hybridized carbons (Fsp3) is 0.333. The fourth-order valence-corrected chi connectivity index (χ4v) is 1.48. The zero-order chi connectivity index (χ0) is 15.0. The molecule has 0 aliphatic carbocycles. The normalized spacial score (nSPS) is 11.0. The minimum Gasteiger partial charge on any atom is -0.383 e. The van der Waals surface area contributed by atoms with E-state index in [1.807, 2.05) is 0 Å². The number of non-ortho nitro benzene ring substituents is 1. The van der Waals surface area contributed by atoms with Crippen LogP contribution in [-0.2, 0) is 4.74 Å². The van der Waals surface area contributed by atoms with E-state index >= 15 is 0 Å². The van der Waals surface area contributed by atoms with Gasteiger partial charge in [0.1, 0.15) is 0 Å². The van der Waals surface area contributed by atoms with E-state index in [9.17, 15) is 10.1 Å². The predicted octanol–water partition coefficient (Wildman–Crippen LogP) is 1.43. The van der Waals surface area contributed by atoms with Gasteiger partial charge in [0.05, 0.1) is 17.2 Å². The van der Waals surface area contributed by atoms with Gasteiger partial charge in [-0.05, 0) is 36.8 Å². The van der Waals surface area contributed by atoms with Crippen molar-refractivity contribution in [3.8, 4) is 0 Å². The van der Waals surface area contributed by atoms with Gasteiger partial charge >= 0.3 is 0 Å². The number of hydrogen-bond donors (Lipinski definition) is 2. The average molecular weight is 296 g/mol. The SMILES string of the molecule is COCCNC(=S)NN=C(C)c1ccc([N+](=O)[O-])cc1. The maximum absolute atomic E-state index is 10.5. The van der Waals surface area contributed by atoms with Crippen LogP contribution >= 0.6 is 12.2 Å². The predicted molar refractivity (Wildman–Crippen MR) is 80.9 cm³/mol. The Balaban J connectivity index is 2.55. The van der Waals surface area contributed by atoms with Gasteiger partial charge in [-0.2, -0.15) is 5.10 Å². The molecule has 8 heteroatoms. The Labute approximate surface area is 122 Å². The lowest BCUT2D eigenvalue weighted by atomic mass is 10.1. The third kappa shape index (κ3) is 5.29. The molecule has 0 spiro atoms. The maximum atomic E-state index is 10.5. The molecule has 0 aromatic heterocycles. The van der Waals surface area contributed by atoms with Crippen molar-refractivity contribution >= 4 is 28.7 Å². The van der Waals surface area contributed by atoms with Crippen molar-refractivity contribution in [2.75, 3.05) is 20.3 Å². The first-order valence-electron chi connectivity index (χ1n) is 5.86. The summed E-state index contributed by atoms with van der Waals surface area (Å²) in [6, 6.07) is 6.15. The lowest BCUT2D eigenvalue weighted by Crippen LogP contribution is -2.34. The molecule has 0 saturated carbocycles. The Bertz CT molecular complexity index is 502. The number of thiocarbonyl (C=S) groups is 1. The summed E-state index contributed by atoms with van der Waals surface area (Å²) in [7, 11) is 1.61. The van der Waals surface area contributed by atoms with Crippen LogP contribution in [0, 0.1) is 10.1 Å². The second-order valence-electron chi connectivity index (χ2n) is 3.86. The number of hydrazone groups is 1. The van der Waals surface area contributed by atoms with Crippen molar-refractivity contribution in [2.24, 2.45) is 5.10 Å². The van der Waals surface area contributed by atoms with Crippen molar-refractivity contribution in [2.45, 2.75) is 6.92 Å². The molecular formula is C12H16N4O3S. The third-order valence-electron chi connectivity index (χ3n) is 2.41. The molecule has 0 heterocycles. The molecular weight excluding hydrogens is 280 g/mol. The van der Waals surface area contributed by atoms with Gasteiger partial charge in [-0.3, -0.25) is 15.5 Å². The summed E-state index contributed by atoms with van der Waals surface area (Å²) in [5.74, 6) is 0. The average Bonchev–Trinajstić information content (AvgIpc) is 2.45. The quantitative estimate of drug-likeness (QED) is 0.271. The zero-order valence-corrected chi connectivity index (χ0v) is 12.1. The lowest BCUT2D eigenvalue weighted by Gasteiger charge is -2.07. The third-order valence-corrected chi connectivity index (χ3v) is 2.65. The molecule has 0 aliphatic heterocycles. The second kappa shape index (κ2) is 8.18. The fourth-order valence-electron chi connectivity index (χ4n) is 1.33. The van der Waals surface area contributed by atoms with Crippen molar-refractivity contribution in [1.29, 1.82) is 0 Å². The van der Waals surface area contributed by atoms with E-state index in [0.717, 1.165) is 5.56 Å². The molecule has 7 nitrogen and oxygen atoms in total. The number of nitro benzene ring substituents is 1. The summed E-state index contributed by atoms with van der Waals surface area (Å²) >= 11 is 5.02. The largest absolute Gasteiger partial charge is 0.383 e. The number of nitrogens with one attached hydrogen (secondary N) is 2. The van der Waals surface area contributed by atoms with Gasteiger partial charge in [-0.1, -0.05) is 0 Å². The van der Waals surface area contributed by atoms with Gasteiger partial charge in [0.25, 0.3) is 5.69 Å². The zero-order valence-electron chi connectivity index (χ0n) is 11.3. The number of benzene rings is 1. The van der Waals surface area contributed by atoms with Gasteiger partial charge in [-0.15, -0.1) is 0 Å². The molecule has 2 N–H and O–H groups in total. The highest BCUT2D eigenvalue weighted by molar-refractivity contribution is 7.80. The van der Waals surface area contributed by atoms with Gasteiger partial charge < -0.3 is 10.1 Å². The minimum absolute atomic E-state index is 0.0475. The molecule has 0 unspecified atom stereocenters. The number of hydrogen-bond acceptors (Lipinski definition) is 5. The lowest BCUT2D eigenvalue weighted by molar-refractivity contribution is -0.384. The summed E-state index contributed by atoms with van der Waals surface area (Å²) in [5, 5.41) is 18.0. The summed E-state index contributed by atoms with van der Waals surface area (Å²) < 4.78 is 4.88. The van der Waals surface area contributed by atoms with Gasteiger partial charge in [-0.25, -0.2) is 0 Å². The second-order valence-corrected chi connectivity index (χ2v) is 4.27. The molecule has 1 rings (SSSR count). The van der Waals surface area contributed by atoms with Crippen LogP contribution in [0.3, 0.4) is 0 Å². The molecule has 0 fully saturated rings. The van der Waals surface area contributed by atoms with E-state index in [4.69, 9.17) is 17.0 Å². The highest BCUT2D eigenvalue weighted by Crippen LogP contribution is 2.12. The smallest absolute Gasteiger partial charge is 0.269 e. The summed E-state index contributed by atoms with van der Waals surface area (Å²) in [6.45, 7) is 2.92. The van der Waals surface area contributed by atoms with Crippen LogP contribution in [0.1, 0.15) is 12.5 Å². The molecule has 1 aromatic rings. The van der Waals surface area contributed by atoms with Crippen LogP contribution in [0.15, 0.2) is 29.4 Å². The standard InChI is InChI=1S/C12H16N4O3S/c1-9(14-15-12(20)13-7-8-19-2)10-3-5-11(6-4-10)16(17)18/h3-6H,7-8H2,1-2H3,(H2,13,15,20). The van der Waals surface area contributed by atoms with Gasteiger partial charge in [0.2, 0.25) is 0 Å². The van der Waals surface area contributed by atoms with E-state index < -0.39 is 4.92 Å². The summed E-state index contributed by atoms with van der Waals surface area (Å²) in [6.07, 6.45) is 0. The van der Waals surface area contributed by atoms with E-state index in [-0.39, 0.29) is 5.69 Å². The van der Waals surface area contributed by atoms with Crippen molar-refractivity contribution in [3.05, 3.63) is 39.9 Å². The van der Waals surface area contributed by atoms with Crippen molar-refractivity contribution < 1.29 is 9.66 Å². The summed E-state index contributed by atoms with van der Waals surface area (Å²) in [4.78, 5) is 10.1. The van der Waals surface area contributed by atoms with Crippen LogP contribution in [0.2, 0.25) is 0 Å². The molecule has 0 saturated heterocycles. The topological polar surface area (TPSA) is 88.8 Å². The Morgan fingerprint density at radius 1 is 1.45 bits per heavy atom. The van der Waals surface area contributed by atoms with Crippen molar-refractivity contribution in [3.63, 3.8) is 0 Å². The monoisotopic (exact) mass is 296 g/mol. The Kier molecular flexibility index (Phi) is 6.54. The molecule has 1 aromatic carbocycles. The number of methoxy groups -OCH3 is 1. The molecule has 0 aliphatic rings. The van der Waals surface area contributed by atoms with Gasteiger partial charge in [0, 0.05) is 25.8 Å². The number of nitro groups is 1. The Morgan fingerprint density at radius 3 is 2.65 bits per heavy atom. The number of rotatable bonds is 6. The maximum Gasteiger partial charge on any atom is 0.269 e. The van der Waals surface area contributed by atoms with Crippen molar-refractivity contribution in [1.82, 2.24) is 10.7 Å². The Hall–Kier alpha value is -2.06.